The number of rotatable bonds is 11. The zero-order chi connectivity index (χ0) is 17.3. The summed E-state index contributed by atoms with van der Waals surface area (Å²) < 4.78 is 5.51. The average molecular weight is 328 g/mol. The van der Waals surface area contributed by atoms with E-state index in [-0.39, 0.29) is 0 Å². The summed E-state index contributed by atoms with van der Waals surface area (Å²) in [6.07, 6.45) is 12.0. The number of benzene rings is 1. The summed E-state index contributed by atoms with van der Waals surface area (Å²) in [7, 11) is 0. The van der Waals surface area contributed by atoms with Crippen molar-refractivity contribution in [2.45, 2.75) is 63.7 Å². The first kappa shape index (κ1) is 18.2. The zero-order valence-electron chi connectivity index (χ0n) is 14.5. The summed E-state index contributed by atoms with van der Waals surface area (Å²) in [5.74, 6) is -0.00526. The molecule has 0 saturated carbocycles. The highest BCUT2D eigenvalue weighted by atomic mass is 16.3. The lowest BCUT2D eigenvalue weighted by Gasteiger charge is -2.28. The highest BCUT2D eigenvalue weighted by Crippen LogP contribution is 2.36. The Labute approximate surface area is 144 Å². The van der Waals surface area contributed by atoms with E-state index in [9.17, 15) is 4.79 Å². The van der Waals surface area contributed by atoms with E-state index in [1.165, 1.54) is 38.4 Å². The molecule has 1 amide bonds. The number of hydrogen-bond acceptors (Lipinski definition) is 3. The third-order valence-electron chi connectivity index (χ3n) is 4.64. The van der Waals surface area contributed by atoms with Crippen LogP contribution in [0, 0.1) is 0 Å². The second-order valence-corrected chi connectivity index (χ2v) is 6.34. The molecule has 2 rings (SSSR count). The van der Waals surface area contributed by atoms with E-state index in [1.54, 1.807) is 6.20 Å². The number of nitrogens with two attached hydrogens (primary N) is 1. The minimum atomic E-state index is -0.978. The van der Waals surface area contributed by atoms with Gasteiger partial charge in [0.2, 0.25) is 11.8 Å². The van der Waals surface area contributed by atoms with Crippen LogP contribution in [-0.4, -0.2) is 10.9 Å². The van der Waals surface area contributed by atoms with Crippen LogP contribution < -0.4 is 5.73 Å². The van der Waals surface area contributed by atoms with Gasteiger partial charge in [-0.25, -0.2) is 4.98 Å². The molecule has 0 radical (unpaired) electrons. The maximum absolute atomic E-state index is 12.4. The topological polar surface area (TPSA) is 69.1 Å². The normalized spacial score (nSPS) is 13.5. The number of hydrogen-bond donors (Lipinski definition) is 1. The maximum Gasteiger partial charge on any atom is 0.237 e. The molecule has 1 aromatic carbocycles. The number of nitrogens with zero attached hydrogens (tertiary/aromatic N) is 1. The Kier molecular flexibility index (Phi) is 7.04. The summed E-state index contributed by atoms with van der Waals surface area (Å²) >= 11 is 0. The molecule has 1 aromatic heterocycles. The van der Waals surface area contributed by atoms with E-state index < -0.39 is 11.3 Å². The van der Waals surface area contributed by atoms with E-state index in [0.29, 0.717) is 12.3 Å². The minimum Gasteiger partial charge on any atom is -0.447 e. The van der Waals surface area contributed by atoms with Gasteiger partial charge < -0.3 is 10.2 Å². The van der Waals surface area contributed by atoms with Crippen LogP contribution in [0.15, 0.2) is 47.2 Å². The Morgan fingerprint density at radius 3 is 2.33 bits per heavy atom. The van der Waals surface area contributed by atoms with Crippen molar-refractivity contribution in [1.29, 1.82) is 0 Å². The first-order chi connectivity index (χ1) is 11.7. The van der Waals surface area contributed by atoms with Crippen LogP contribution in [0.1, 0.15) is 69.7 Å². The number of aromatic nitrogens is 1. The molecule has 1 unspecified atom stereocenters. The van der Waals surface area contributed by atoms with Crippen LogP contribution >= 0.6 is 0 Å². The van der Waals surface area contributed by atoms with E-state index in [1.807, 2.05) is 30.3 Å². The predicted molar refractivity (Wildman–Crippen MR) is 95.5 cm³/mol. The zero-order valence-corrected chi connectivity index (χ0v) is 14.5. The lowest BCUT2D eigenvalue weighted by Crippen LogP contribution is -2.42. The molecular weight excluding hydrogens is 300 g/mol. The molecule has 0 saturated heterocycles. The summed E-state index contributed by atoms with van der Waals surface area (Å²) in [5, 5.41) is 0. The Balaban J connectivity index is 2.11. The second-order valence-electron chi connectivity index (χ2n) is 6.34. The van der Waals surface area contributed by atoms with Crippen molar-refractivity contribution >= 4 is 5.91 Å². The highest BCUT2D eigenvalue weighted by Gasteiger charge is 2.44. The molecule has 0 aliphatic heterocycles. The molecule has 1 heterocycles. The van der Waals surface area contributed by atoms with Crippen LogP contribution in [0.5, 0.6) is 0 Å². The van der Waals surface area contributed by atoms with Gasteiger partial charge in [0, 0.05) is 0 Å². The predicted octanol–water partition coefficient (Wildman–Crippen LogP) is 4.59. The molecule has 1 atom stereocenters. The second kappa shape index (κ2) is 9.26. The fraction of sp³-hybridized carbons (Fsp3) is 0.500. The maximum atomic E-state index is 12.4. The van der Waals surface area contributed by atoms with Crippen molar-refractivity contribution in [3.8, 4) is 0 Å². The molecule has 2 aromatic rings. The molecule has 0 aliphatic carbocycles. The standard InChI is InChI=1S/C20H28N2O2/c1-2-3-4-5-6-7-11-14-20(18(21)23,19-22-15-16-24-19)17-12-9-8-10-13-17/h8-10,12-13,15-16H,2-7,11,14H2,1H3,(H2,21,23). The summed E-state index contributed by atoms with van der Waals surface area (Å²) in [5.41, 5.74) is 5.71. The van der Waals surface area contributed by atoms with Gasteiger partial charge in [0.25, 0.3) is 0 Å². The first-order valence-electron chi connectivity index (χ1n) is 8.97. The van der Waals surface area contributed by atoms with Crippen LogP contribution in [0.2, 0.25) is 0 Å². The van der Waals surface area contributed by atoms with Crippen molar-refractivity contribution in [2.75, 3.05) is 0 Å². The van der Waals surface area contributed by atoms with Gasteiger partial charge in [-0.15, -0.1) is 0 Å². The van der Waals surface area contributed by atoms with Gasteiger partial charge in [0.05, 0.1) is 6.20 Å². The lowest BCUT2D eigenvalue weighted by molar-refractivity contribution is -0.123. The van der Waals surface area contributed by atoms with Gasteiger partial charge in [-0.05, 0) is 12.0 Å². The third-order valence-corrected chi connectivity index (χ3v) is 4.64. The van der Waals surface area contributed by atoms with Crippen LogP contribution in [-0.2, 0) is 10.2 Å². The van der Waals surface area contributed by atoms with Gasteiger partial charge in [-0.2, -0.15) is 0 Å². The largest absolute Gasteiger partial charge is 0.447 e. The van der Waals surface area contributed by atoms with Crippen molar-refractivity contribution in [3.63, 3.8) is 0 Å². The van der Waals surface area contributed by atoms with Crippen molar-refractivity contribution in [2.24, 2.45) is 5.73 Å². The molecule has 4 nitrogen and oxygen atoms in total. The van der Waals surface area contributed by atoms with Gasteiger partial charge in [0.1, 0.15) is 11.7 Å². The fourth-order valence-electron chi connectivity index (χ4n) is 3.25. The van der Waals surface area contributed by atoms with E-state index in [0.717, 1.165) is 18.4 Å². The molecule has 24 heavy (non-hydrogen) atoms. The van der Waals surface area contributed by atoms with Crippen LogP contribution in [0.3, 0.4) is 0 Å². The van der Waals surface area contributed by atoms with Gasteiger partial charge in [-0.1, -0.05) is 82.2 Å². The molecule has 2 N–H and O–H groups in total. The Morgan fingerprint density at radius 2 is 1.75 bits per heavy atom. The van der Waals surface area contributed by atoms with Crippen molar-refractivity contribution in [1.82, 2.24) is 4.98 Å². The number of unbranched alkanes of at least 4 members (excludes halogenated alkanes) is 6. The van der Waals surface area contributed by atoms with Crippen LogP contribution in [0.4, 0.5) is 0 Å². The minimum absolute atomic E-state index is 0.396. The van der Waals surface area contributed by atoms with Gasteiger partial charge >= 0.3 is 0 Å². The number of amides is 1. The molecule has 0 bridgehead atoms. The smallest absolute Gasteiger partial charge is 0.237 e. The summed E-state index contributed by atoms with van der Waals surface area (Å²) in [6, 6.07) is 9.62. The number of carbonyl (C=O) groups is 1. The van der Waals surface area contributed by atoms with Gasteiger partial charge in [0.15, 0.2) is 0 Å². The molecular formula is C20H28N2O2. The third kappa shape index (κ3) is 4.25. The monoisotopic (exact) mass is 328 g/mol. The lowest BCUT2D eigenvalue weighted by atomic mass is 9.75. The Bertz CT molecular complexity index is 595. The van der Waals surface area contributed by atoms with Gasteiger partial charge in [-0.3, -0.25) is 4.79 Å². The van der Waals surface area contributed by atoms with E-state index >= 15 is 0 Å². The molecule has 0 fully saturated rings. The molecule has 4 heteroatoms. The SMILES string of the molecule is CCCCCCCCCC(C(N)=O)(c1ccccc1)c1ncco1. The summed E-state index contributed by atoms with van der Waals surface area (Å²) in [6.45, 7) is 2.22. The Hall–Kier alpha value is -2.10. The molecule has 0 aliphatic rings. The summed E-state index contributed by atoms with van der Waals surface area (Å²) in [4.78, 5) is 16.7. The van der Waals surface area contributed by atoms with E-state index in [2.05, 4.69) is 11.9 Å². The first-order valence-corrected chi connectivity index (χ1v) is 8.97. The highest BCUT2D eigenvalue weighted by molar-refractivity contribution is 5.89. The average Bonchev–Trinajstić information content (AvgIpc) is 3.13. The molecule has 130 valence electrons. The fourth-order valence-corrected chi connectivity index (χ4v) is 3.25. The number of primary amides is 1. The quantitative estimate of drug-likeness (QED) is 0.613. The molecule has 0 spiro atoms. The number of carbonyl (C=O) groups excluding carboxylic acids is 1. The van der Waals surface area contributed by atoms with E-state index in [4.69, 9.17) is 10.2 Å². The van der Waals surface area contributed by atoms with Crippen molar-refractivity contribution < 1.29 is 9.21 Å². The Morgan fingerprint density at radius 1 is 1.08 bits per heavy atom. The van der Waals surface area contributed by atoms with Crippen molar-refractivity contribution in [3.05, 3.63) is 54.2 Å². The van der Waals surface area contributed by atoms with Crippen LogP contribution in [0.25, 0.3) is 0 Å². The number of oxazole rings is 1.